The van der Waals surface area contributed by atoms with E-state index in [9.17, 15) is 9.59 Å². The summed E-state index contributed by atoms with van der Waals surface area (Å²) in [5, 5.41) is 0. The molecule has 8 aromatic rings. The standard InChI is InChI=1S/C59H45BF2N6O3/c1-5-71-59(70)58-55-54(48(68(58)60(61)62)33-32-41-34(2)49(36(4)69)35(3)63-41)56-52(39-22-14-8-15-23-39)46-30-28-44(65-46)50(37-18-10-6-11-19-37)42-26-27-43(64-42)51(38-20-12-7-13-21-38)45-29-31-47(66-45)53(57(55)67-56)40-24-16-9-17-25-40/h6-32,65-66H,5,33H2,1-4H3/b41-32-,50-42?,50-44?,51-43?,51-45?,52-46?,53-47?,56-52?,57-53?. The van der Waals surface area contributed by atoms with Crippen molar-refractivity contribution in [1.29, 1.82) is 0 Å². The predicted octanol–water partition coefficient (Wildman–Crippen LogP) is 14.0. The molecule has 7 heterocycles. The van der Waals surface area contributed by atoms with Crippen LogP contribution in [-0.4, -0.2) is 55.9 Å². The number of esters is 1. The highest BCUT2D eigenvalue weighted by Gasteiger charge is 2.41. The summed E-state index contributed by atoms with van der Waals surface area (Å²) >= 11 is 0. The van der Waals surface area contributed by atoms with Crippen molar-refractivity contribution in [2.75, 3.05) is 6.61 Å². The Bertz CT molecular complexity index is 3780. The molecular formula is C59H45BF2N6O3. The van der Waals surface area contributed by atoms with Crippen molar-refractivity contribution in [3.63, 3.8) is 0 Å². The second-order valence-electron chi connectivity index (χ2n) is 17.5. The van der Waals surface area contributed by atoms with E-state index in [2.05, 4.69) is 22.1 Å². The van der Waals surface area contributed by atoms with E-state index in [0.717, 1.165) is 60.3 Å². The summed E-state index contributed by atoms with van der Waals surface area (Å²) in [4.78, 5) is 50.7. The Morgan fingerprint density at radius 1 is 0.606 bits per heavy atom. The average Bonchev–Trinajstić information content (AvgIpc) is 4.26. The number of aromatic nitrogens is 5. The largest absolute Gasteiger partial charge is 0.678 e. The van der Waals surface area contributed by atoms with Gasteiger partial charge in [-0.1, -0.05) is 127 Å². The Morgan fingerprint density at radius 2 is 1.04 bits per heavy atom. The maximum Gasteiger partial charge on any atom is 0.678 e. The van der Waals surface area contributed by atoms with Crippen molar-refractivity contribution in [3.05, 3.63) is 191 Å². The minimum absolute atomic E-state index is 0.0617. The lowest BCUT2D eigenvalue weighted by Crippen LogP contribution is -2.23. The van der Waals surface area contributed by atoms with E-state index < -0.39 is 13.4 Å². The Kier molecular flexibility index (Phi) is 11.5. The van der Waals surface area contributed by atoms with Crippen LogP contribution in [-0.2, 0) is 16.0 Å². The molecule has 3 aliphatic rings. The molecular weight excluding hydrogens is 889 g/mol. The van der Waals surface area contributed by atoms with Gasteiger partial charge in [-0.15, -0.1) is 0 Å². The summed E-state index contributed by atoms with van der Waals surface area (Å²) in [5.41, 5.74) is 13.7. The van der Waals surface area contributed by atoms with Crippen LogP contribution in [0.1, 0.15) is 55.3 Å². The van der Waals surface area contributed by atoms with Crippen molar-refractivity contribution in [2.24, 2.45) is 4.99 Å². The number of ketones is 1. The lowest BCUT2D eigenvalue weighted by molar-refractivity contribution is -0.113. The molecule has 0 unspecified atom stereocenters. The Balaban J connectivity index is 1.38. The molecule has 0 aliphatic carbocycles. The van der Waals surface area contributed by atoms with E-state index >= 15 is 8.63 Å². The molecule has 4 aromatic heterocycles. The Labute approximate surface area is 408 Å². The second kappa shape index (κ2) is 18.3. The van der Waals surface area contributed by atoms with E-state index in [0.29, 0.717) is 61.7 Å². The van der Waals surface area contributed by atoms with Crippen LogP contribution in [0.4, 0.5) is 8.63 Å². The topological polar surface area (TPSA) is 118 Å². The molecule has 0 spiro atoms. The van der Waals surface area contributed by atoms with E-state index in [1.165, 1.54) is 6.92 Å². The van der Waals surface area contributed by atoms with Crippen LogP contribution in [0.2, 0.25) is 0 Å². The number of Topliss-reactive ketones (excluding diaryl/α,β-unsaturated/α-hetero) is 1. The zero-order valence-corrected chi connectivity index (χ0v) is 39.3. The van der Waals surface area contributed by atoms with Gasteiger partial charge < -0.3 is 19.2 Å². The van der Waals surface area contributed by atoms with Gasteiger partial charge in [0.2, 0.25) is 0 Å². The maximum absolute atomic E-state index is 16.4. The molecule has 0 saturated heterocycles. The smallest absolute Gasteiger partial charge is 0.461 e. The number of rotatable bonds is 10. The quantitative estimate of drug-likeness (QED) is 0.105. The van der Waals surface area contributed by atoms with Gasteiger partial charge in [0.1, 0.15) is 5.69 Å². The Morgan fingerprint density at radius 3 is 1.46 bits per heavy atom. The number of hydrogen-bond acceptors (Lipinski definition) is 6. The first-order valence-electron chi connectivity index (χ1n) is 23.5. The van der Waals surface area contributed by atoms with Crippen LogP contribution >= 0.6 is 0 Å². The van der Waals surface area contributed by atoms with Gasteiger partial charge in [0.05, 0.1) is 35.1 Å². The first-order chi connectivity index (χ1) is 34.6. The lowest BCUT2D eigenvalue weighted by Gasteiger charge is -2.13. The summed E-state index contributed by atoms with van der Waals surface area (Å²) in [6.45, 7) is 6.65. The number of nitrogens with one attached hydrogen (secondary N) is 2. The van der Waals surface area contributed by atoms with Crippen molar-refractivity contribution in [2.45, 2.75) is 34.1 Å². The highest BCUT2D eigenvalue weighted by atomic mass is 19.2. The van der Waals surface area contributed by atoms with Gasteiger partial charge in [-0.2, -0.15) is 0 Å². The van der Waals surface area contributed by atoms with Gasteiger partial charge in [-0.25, -0.2) is 14.8 Å². The van der Waals surface area contributed by atoms with Gasteiger partial charge in [-0.3, -0.25) is 18.4 Å². The van der Waals surface area contributed by atoms with Gasteiger partial charge in [0, 0.05) is 78.8 Å². The van der Waals surface area contributed by atoms with E-state index in [-0.39, 0.29) is 35.8 Å². The zero-order valence-electron chi connectivity index (χ0n) is 39.3. The summed E-state index contributed by atoms with van der Waals surface area (Å²) in [6, 6.07) is 47.4. The average molecular weight is 935 g/mol. The molecule has 9 nitrogen and oxygen atoms in total. The number of nitrogens with zero attached hydrogens (tertiary/aromatic N) is 4. The molecule has 346 valence electrons. The minimum Gasteiger partial charge on any atom is -0.461 e. The number of ether oxygens (including phenoxy) is 1. The highest BCUT2D eigenvalue weighted by Crippen LogP contribution is 2.51. The van der Waals surface area contributed by atoms with Crippen LogP contribution in [0, 0.1) is 0 Å². The summed E-state index contributed by atoms with van der Waals surface area (Å²) in [6.07, 6.45) is 5.72. The number of carbonyl (C=O) groups excluding carboxylic acids is 2. The summed E-state index contributed by atoms with van der Waals surface area (Å²) in [7, 11) is -3.19. The molecule has 0 atom stereocenters. The normalized spacial score (nSPS) is 13.4. The zero-order chi connectivity index (χ0) is 48.9. The van der Waals surface area contributed by atoms with Crippen LogP contribution in [0.5, 0.6) is 0 Å². The number of carbonyl (C=O) groups is 2. The molecule has 4 aromatic carbocycles. The highest BCUT2D eigenvalue weighted by molar-refractivity contribution is 6.43. The van der Waals surface area contributed by atoms with Gasteiger partial charge >= 0.3 is 13.4 Å². The molecule has 71 heavy (non-hydrogen) atoms. The molecule has 0 radical (unpaired) electrons. The molecule has 0 saturated carbocycles. The molecule has 11 rings (SSSR count). The van der Waals surface area contributed by atoms with Gasteiger partial charge in [0.15, 0.2) is 5.78 Å². The molecule has 12 heteroatoms. The van der Waals surface area contributed by atoms with Crippen LogP contribution in [0.25, 0.3) is 101 Å². The predicted molar refractivity (Wildman–Crippen MR) is 282 cm³/mol. The van der Waals surface area contributed by atoms with Crippen molar-refractivity contribution < 1.29 is 23.0 Å². The van der Waals surface area contributed by atoms with E-state index in [1.807, 2.05) is 153 Å². The lowest BCUT2D eigenvalue weighted by atomic mass is 9.94. The number of aliphatic imine (C=N–C) groups is 1. The van der Waals surface area contributed by atoms with Crippen molar-refractivity contribution >= 4 is 59.1 Å². The van der Waals surface area contributed by atoms with Gasteiger partial charge in [0.25, 0.3) is 0 Å². The van der Waals surface area contributed by atoms with E-state index in [4.69, 9.17) is 19.7 Å². The van der Waals surface area contributed by atoms with Crippen LogP contribution in [0.3, 0.4) is 0 Å². The van der Waals surface area contributed by atoms with Crippen LogP contribution in [0.15, 0.2) is 174 Å². The molecule has 2 N–H and O–H groups in total. The fourth-order valence-electron chi connectivity index (χ4n) is 10.3. The van der Waals surface area contributed by atoms with E-state index in [1.54, 1.807) is 19.9 Å². The number of H-pyrrole nitrogens is 2. The summed E-state index contributed by atoms with van der Waals surface area (Å²) < 4.78 is 39.3. The maximum atomic E-state index is 16.4. The number of allylic oxidation sites excluding steroid dienone is 3. The minimum atomic E-state index is -3.19. The molecule has 0 amide bonds. The second-order valence-corrected chi connectivity index (χ2v) is 17.5. The Hall–Kier alpha value is -8.77. The van der Waals surface area contributed by atoms with Gasteiger partial charge in [-0.05, 0) is 91.9 Å². The fraction of sp³-hybridized carbons (Fsp3) is 0.102. The summed E-state index contributed by atoms with van der Waals surface area (Å²) in [5.74, 6) is -1.06. The third kappa shape index (κ3) is 7.78. The number of halogens is 2. The third-order valence-corrected chi connectivity index (χ3v) is 13.2. The first kappa shape index (κ1) is 44.7. The van der Waals surface area contributed by atoms with Crippen molar-refractivity contribution in [3.8, 4) is 67.0 Å². The third-order valence-electron chi connectivity index (χ3n) is 13.2. The molecule has 3 aliphatic heterocycles. The monoisotopic (exact) mass is 934 g/mol. The van der Waals surface area contributed by atoms with Crippen molar-refractivity contribution in [1.82, 2.24) is 24.4 Å². The number of hydrogen-bond donors (Lipinski definition) is 2. The van der Waals surface area contributed by atoms with Crippen LogP contribution < -0.4 is 0 Å². The molecule has 0 fully saturated rings. The molecule has 8 bridgehead atoms. The number of aromatic amines is 2. The first-order valence-corrected chi connectivity index (χ1v) is 23.5. The fourth-order valence-corrected chi connectivity index (χ4v) is 10.3. The number of fused-ring (bicyclic) bond motifs is 11. The number of benzene rings is 4. The SMILES string of the molecule is CCOC(=O)c1c2c(c(C/C=C3\N=C(C)C(C(C)=O)=C3C)n1B(F)F)-c1nc-2c(-c2ccccc2)c2ccc([nH]2)c(-c2ccccc2)c2nc(c(-c3ccccc3)c3ccc([nH]3)c1-c1ccccc1)C=C2.